The van der Waals surface area contributed by atoms with Gasteiger partial charge in [-0.2, -0.15) is 0 Å². The molecule has 0 aliphatic carbocycles. The van der Waals surface area contributed by atoms with Gasteiger partial charge in [-0.15, -0.1) is 0 Å². The number of rotatable bonds is 1. The number of carbonyl (C=O) groups excluding carboxylic acids is 1. The molecule has 60 valence electrons. The van der Waals surface area contributed by atoms with Crippen molar-refractivity contribution in [1.29, 1.82) is 0 Å². The SMILES string of the molecule is COC(=O)C1=IC=C(Br)C=C1. The summed E-state index contributed by atoms with van der Waals surface area (Å²) in [4.78, 5) is 10.9. The van der Waals surface area contributed by atoms with Crippen molar-refractivity contribution >= 4 is 46.1 Å². The van der Waals surface area contributed by atoms with E-state index in [9.17, 15) is 4.79 Å². The Kier molecular flexibility index (Phi) is 3.45. The van der Waals surface area contributed by atoms with Gasteiger partial charge in [0.15, 0.2) is 0 Å². The molecule has 11 heavy (non-hydrogen) atoms. The van der Waals surface area contributed by atoms with E-state index in [0.717, 1.165) is 7.99 Å². The fourth-order valence-corrected chi connectivity index (χ4v) is 2.96. The minimum absolute atomic E-state index is 0.203. The van der Waals surface area contributed by atoms with E-state index in [1.165, 1.54) is 7.11 Å². The summed E-state index contributed by atoms with van der Waals surface area (Å²) in [6.45, 7) is 0. The second kappa shape index (κ2) is 4.15. The van der Waals surface area contributed by atoms with E-state index in [-0.39, 0.29) is 26.7 Å². The maximum absolute atomic E-state index is 10.9. The van der Waals surface area contributed by atoms with Crippen molar-refractivity contribution in [2.75, 3.05) is 7.11 Å². The Bertz CT molecular complexity index is 266. The second-order valence-electron chi connectivity index (χ2n) is 1.78. The van der Waals surface area contributed by atoms with Crippen molar-refractivity contribution in [3.05, 3.63) is 20.7 Å². The number of hydrogen-bond acceptors (Lipinski definition) is 2. The highest BCUT2D eigenvalue weighted by Crippen LogP contribution is 2.20. The van der Waals surface area contributed by atoms with Gasteiger partial charge >= 0.3 is 5.97 Å². The normalized spacial score (nSPS) is 16.2. The molecule has 4 heteroatoms. The van der Waals surface area contributed by atoms with Gasteiger partial charge in [0.05, 0.1) is 10.6 Å². The lowest BCUT2D eigenvalue weighted by atomic mass is 10.4. The Hall–Kier alpha value is 0.0300. The van der Waals surface area contributed by atoms with Gasteiger partial charge in [-0.25, -0.2) is 4.79 Å². The minimum Gasteiger partial charge on any atom is -0.465 e. The fourth-order valence-electron chi connectivity index (χ4n) is 0.546. The molecule has 0 radical (unpaired) electrons. The third-order valence-corrected chi connectivity index (χ3v) is 4.85. The van der Waals surface area contributed by atoms with Crippen LogP contribution in [0.5, 0.6) is 0 Å². The number of hydrogen-bond donors (Lipinski definition) is 0. The van der Waals surface area contributed by atoms with Crippen LogP contribution >= 0.6 is 36.7 Å². The van der Waals surface area contributed by atoms with Crippen molar-refractivity contribution < 1.29 is 9.53 Å². The highest BCUT2D eigenvalue weighted by atomic mass is 127. The molecule has 0 saturated carbocycles. The van der Waals surface area contributed by atoms with E-state index < -0.39 is 0 Å². The Morgan fingerprint density at radius 3 is 2.82 bits per heavy atom. The number of carbonyl (C=O) groups is 1. The first-order valence-electron chi connectivity index (χ1n) is 2.86. The minimum atomic E-state index is -0.292. The highest BCUT2D eigenvalue weighted by Gasteiger charge is 2.07. The molecule has 1 aliphatic rings. The van der Waals surface area contributed by atoms with Crippen LogP contribution in [0.3, 0.4) is 0 Å². The molecular formula is C7H6BrIO2. The van der Waals surface area contributed by atoms with Gasteiger partial charge in [0.2, 0.25) is 0 Å². The van der Waals surface area contributed by atoms with Gasteiger partial charge in [-0.3, -0.25) is 0 Å². The van der Waals surface area contributed by atoms with E-state index in [1.807, 2.05) is 16.2 Å². The zero-order chi connectivity index (χ0) is 8.27. The Morgan fingerprint density at radius 1 is 1.64 bits per heavy atom. The van der Waals surface area contributed by atoms with Crippen LogP contribution in [0.1, 0.15) is 0 Å². The zero-order valence-electron chi connectivity index (χ0n) is 5.80. The van der Waals surface area contributed by atoms with Crippen molar-refractivity contribution in [2.24, 2.45) is 0 Å². The summed E-state index contributed by atoms with van der Waals surface area (Å²) in [5, 5.41) is 0. The predicted octanol–water partition coefficient (Wildman–Crippen LogP) is 2.11. The van der Waals surface area contributed by atoms with Crippen LogP contribution < -0.4 is 0 Å². The van der Waals surface area contributed by atoms with Crippen molar-refractivity contribution in [3.8, 4) is 0 Å². The summed E-state index contributed by atoms with van der Waals surface area (Å²) < 4.78 is 8.47. The van der Waals surface area contributed by atoms with Gasteiger partial charge in [0, 0.05) is 4.48 Å². The first-order valence-corrected chi connectivity index (χ1v) is 5.98. The molecule has 0 N–H and O–H groups in total. The van der Waals surface area contributed by atoms with Crippen molar-refractivity contribution in [2.45, 2.75) is 0 Å². The molecule has 0 spiro atoms. The standard InChI is InChI=1S/C7H6BrIO2/c1-11-7(10)6-3-2-5(8)4-9-6/h2-4H,1H3. The molecule has 0 unspecified atom stereocenters. The summed E-state index contributed by atoms with van der Waals surface area (Å²) >= 11 is 3.03. The number of halogens is 2. The van der Waals surface area contributed by atoms with Crippen LogP contribution in [0.15, 0.2) is 20.7 Å². The van der Waals surface area contributed by atoms with E-state index in [1.54, 1.807) is 0 Å². The zero-order valence-corrected chi connectivity index (χ0v) is 9.55. The van der Waals surface area contributed by atoms with Crippen LogP contribution in [-0.4, -0.2) is 16.6 Å². The Balaban J connectivity index is 2.79. The van der Waals surface area contributed by atoms with E-state index in [4.69, 9.17) is 0 Å². The molecule has 0 fully saturated rings. The number of esters is 1. The van der Waals surface area contributed by atoms with Gasteiger partial charge in [-0.1, -0.05) is 36.7 Å². The third kappa shape index (κ3) is 2.52. The molecular weight excluding hydrogens is 323 g/mol. The molecule has 1 heterocycles. The second-order valence-corrected chi connectivity index (χ2v) is 5.10. The highest BCUT2D eigenvalue weighted by molar-refractivity contribution is 14.2. The molecule has 0 aromatic carbocycles. The summed E-state index contributed by atoms with van der Waals surface area (Å²) in [7, 11) is 1.40. The summed E-state index contributed by atoms with van der Waals surface area (Å²) in [5.41, 5.74) is 0. The largest absolute Gasteiger partial charge is 0.465 e. The van der Waals surface area contributed by atoms with Gasteiger partial charge in [0.25, 0.3) is 0 Å². The summed E-state index contributed by atoms with van der Waals surface area (Å²) in [6, 6.07) is 0. The average Bonchev–Trinajstić information content (AvgIpc) is 2.05. The van der Waals surface area contributed by atoms with Gasteiger partial charge in [0.1, 0.15) is 0 Å². The smallest absolute Gasteiger partial charge is 0.343 e. The third-order valence-electron chi connectivity index (χ3n) is 1.05. The molecule has 0 bridgehead atoms. The first kappa shape index (κ1) is 9.12. The van der Waals surface area contributed by atoms with Crippen molar-refractivity contribution in [3.63, 3.8) is 0 Å². The average molecular weight is 329 g/mol. The lowest BCUT2D eigenvalue weighted by Crippen LogP contribution is -2.11. The Labute approximate surface area is 83.2 Å². The molecule has 0 aromatic heterocycles. The van der Waals surface area contributed by atoms with Crippen LogP contribution in [-0.2, 0) is 9.53 Å². The lowest BCUT2D eigenvalue weighted by molar-refractivity contribution is -0.132. The van der Waals surface area contributed by atoms with Crippen LogP contribution in [0.4, 0.5) is 0 Å². The quantitative estimate of drug-likeness (QED) is 0.544. The number of ether oxygens (including phenoxy) is 1. The molecule has 0 aromatic rings. The Morgan fingerprint density at radius 2 is 2.36 bits per heavy atom. The van der Waals surface area contributed by atoms with Crippen LogP contribution in [0.2, 0.25) is 0 Å². The topological polar surface area (TPSA) is 26.3 Å². The monoisotopic (exact) mass is 328 g/mol. The van der Waals surface area contributed by atoms with E-state index in [2.05, 4.69) is 20.7 Å². The lowest BCUT2D eigenvalue weighted by Gasteiger charge is -2.00. The number of allylic oxidation sites excluding steroid dienone is 2. The van der Waals surface area contributed by atoms with Crippen molar-refractivity contribution in [1.82, 2.24) is 0 Å². The van der Waals surface area contributed by atoms with E-state index in [0.29, 0.717) is 0 Å². The fraction of sp³-hybridized carbons (Fsp3) is 0.143. The van der Waals surface area contributed by atoms with Crippen LogP contribution in [0.25, 0.3) is 0 Å². The van der Waals surface area contributed by atoms with Crippen LogP contribution in [0, 0.1) is 0 Å². The van der Waals surface area contributed by atoms with E-state index >= 15 is 0 Å². The summed E-state index contributed by atoms with van der Waals surface area (Å²) in [5.74, 6) is -0.203. The maximum atomic E-state index is 10.9. The molecule has 0 saturated heterocycles. The first-order chi connectivity index (χ1) is 5.24. The van der Waals surface area contributed by atoms with Gasteiger partial charge < -0.3 is 4.74 Å². The number of methoxy groups -OCH3 is 1. The maximum Gasteiger partial charge on any atom is 0.343 e. The molecule has 0 atom stereocenters. The molecule has 0 amide bonds. The molecule has 1 rings (SSSR count). The van der Waals surface area contributed by atoms with Gasteiger partial charge in [-0.05, 0) is 16.2 Å². The summed E-state index contributed by atoms with van der Waals surface area (Å²) in [6.07, 6.45) is 3.67. The molecule has 2 nitrogen and oxygen atoms in total. The molecule has 1 aliphatic heterocycles. The predicted molar refractivity (Wildman–Crippen MR) is 57.2 cm³/mol.